The van der Waals surface area contributed by atoms with E-state index in [9.17, 15) is 13.6 Å². The van der Waals surface area contributed by atoms with E-state index in [1.54, 1.807) is 0 Å². The van der Waals surface area contributed by atoms with Gasteiger partial charge in [0.2, 0.25) is 5.92 Å². The van der Waals surface area contributed by atoms with Crippen LogP contribution in [0.3, 0.4) is 0 Å². The number of unbranched alkanes of at least 4 members (excludes halogenated alkanes) is 2. The molecule has 1 unspecified atom stereocenters. The Balaban J connectivity index is 3.43. The van der Waals surface area contributed by atoms with E-state index in [1.165, 1.54) is 11.8 Å². The summed E-state index contributed by atoms with van der Waals surface area (Å²) in [6.07, 6.45) is 2.59. The summed E-state index contributed by atoms with van der Waals surface area (Å²) in [4.78, 5) is 10.7. The first-order valence-electron chi connectivity index (χ1n) is 5.59. The first kappa shape index (κ1) is 15.7. The fourth-order valence-corrected chi connectivity index (χ4v) is 2.34. The number of carboxylic acid groups (broad SMARTS) is 1. The Bertz CT molecular complexity index is 205. The monoisotopic (exact) mass is 254 g/mol. The van der Waals surface area contributed by atoms with Crippen molar-refractivity contribution in [2.45, 2.75) is 57.1 Å². The average Bonchev–Trinajstić information content (AvgIpc) is 2.14. The molecule has 2 nitrogen and oxygen atoms in total. The maximum Gasteiger partial charge on any atom is 0.316 e. The maximum absolute atomic E-state index is 12.4. The second-order valence-electron chi connectivity index (χ2n) is 3.99. The molecule has 16 heavy (non-hydrogen) atoms. The Morgan fingerprint density at radius 2 is 2.00 bits per heavy atom. The van der Waals surface area contributed by atoms with Crippen LogP contribution in [0.2, 0.25) is 0 Å². The molecule has 0 fully saturated rings. The van der Waals surface area contributed by atoms with Crippen LogP contribution in [-0.4, -0.2) is 28.0 Å². The van der Waals surface area contributed by atoms with E-state index in [0.29, 0.717) is 12.8 Å². The fraction of sp³-hybridized carbons (Fsp3) is 0.909. The number of alkyl halides is 2. The molecule has 96 valence electrons. The van der Waals surface area contributed by atoms with Gasteiger partial charge in [-0.15, -0.1) is 11.8 Å². The molecule has 0 radical (unpaired) electrons. The molecule has 1 atom stereocenters. The van der Waals surface area contributed by atoms with E-state index in [2.05, 4.69) is 0 Å². The number of hydrogen-bond donors (Lipinski definition) is 1. The zero-order valence-electron chi connectivity index (χ0n) is 9.84. The number of aliphatic carboxylic acids is 1. The van der Waals surface area contributed by atoms with Crippen molar-refractivity contribution >= 4 is 17.7 Å². The van der Waals surface area contributed by atoms with Crippen LogP contribution in [0.15, 0.2) is 0 Å². The minimum atomic E-state index is -2.57. The second-order valence-corrected chi connectivity index (χ2v) is 5.30. The van der Waals surface area contributed by atoms with Crippen LogP contribution in [0.1, 0.15) is 46.0 Å². The summed E-state index contributed by atoms with van der Waals surface area (Å²) in [6.45, 7) is 2.77. The lowest BCUT2D eigenvalue weighted by molar-refractivity contribution is -0.136. The predicted octanol–water partition coefficient (Wildman–Crippen LogP) is 3.80. The van der Waals surface area contributed by atoms with Gasteiger partial charge in [-0.2, -0.15) is 0 Å². The third kappa shape index (κ3) is 8.95. The molecule has 0 heterocycles. The molecule has 0 rings (SSSR count). The van der Waals surface area contributed by atoms with Crippen LogP contribution in [0.5, 0.6) is 0 Å². The van der Waals surface area contributed by atoms with Crippen LogP contribution in [0.25, 0.3) is 0 Å². The topological polar surface area (TPSA) is 37.3 Å². The lowest BCUT2D eigenvalue weighted by atomic mass is 10.1. The van der Waals surface area contributed by atoms with E-state index in [4.69, 9.17) is 5.11 Å². The Morgan fingerprint density at radius 3 is 2.44 bits per heavy atom. The van der Waals surface area contributed by atoms with E-state index < -0.39 is 11.9 Å². The molecule has 0 amide bonds. The predicted molar refractivity (Wildman–Crippen MR) is 63.3 cm³/mol. The quantitative estimate of drug-likeness (QED) is 0.636. The SMILES string of the molecule is CCC(SCCCCCC(C)(F)F)C(=O)O. The zero-order chi connectivity index (χ0) is 12.6. The van der Waals surface area contributed by atoms with Crippen molar-refractivity contribution in [3.8, 4) is 0 Å². The van der Waals surface area contributed by atoms with Crippen molar-refractivity contribution in [1.29, 1.82) is 0 Å². The van der Waals surface area contributed by atoms with Crippen molar-refractivity contribution < 1.29 is 18.7 Å². The molecule has 0 saturated heterocycles. The van der Waals surface area contributed by atoms with Crippen LogP contribution >= 0.6 is 11.8 Å². The Hall–Kier alpha value is -0.320. The molecule has 0 aromatic carbocycles. The molecule has 5 heteroatoms. The van der Waals surface area contributed by atoms with E-state index in [-0.39, 0.29) is 11.7 Å². The first-order valence-corrected chi connectivity index (χ1v) is 6.64. The molecule has 1 N–H and O–H groups in total. The van der Waals surface area contributed by atoms with E-state index in [0.717, 1.165) is 25.5 Å². The van der Waals surface area contributed by atoms with Gasteiger partial charge in [0.25, 0.3) is 0 Å². The molecule has 0 aromatic rings. The molecule has 0 bridgehead atoms. The van der Waals surface area contributed by atoms with Crippen molar-refractivity contribution in [3.05, 3.63) is 0 Å². The van der Waals surface area contributed by atoms with Gasteiger partial charge in [0, 0.05) is 6.42 Å². The zero-order valence-corrected chi connectivity index (χ0v) is 10.7. The number of rotatable bonds is 9. The van der Waals surface area contributed by atoms with Gasteiger partial charge < -0.3 is 5.11 Å². The number of carbonyl (C=O) groups is 1. The number of carboxylic acids is 1. The Morgan fingerprint density at radius 1 is 1.38 bits per heavy atom. The summed E-state index contributed by atoms with van der Waals surface area (Å²) in [5, 5.41) is 8.41. The third-order valence-corrected chi connectivity index (χ3v) is 3.69. The minimum absolute atomic E-state index is 0.0756. The molecule has 0 aliphatic rings. The van der Waals surface area contributed by atoms with E-state index in [1.807, 2.05) is 6.92 Å². The fourth-order valence-electron chi connectivity index (χ4n) is 1.30. The number of halogens is 2. The van der Waals surface area contributed by atoms with Crippen LogP contribution in [0.4, 0.5) is 8.78 Å². The molecule has 0 aliphatic carbocycles. The van der Waals surface area contributed by atoms with Gasteiger partial charge in [-0.3, -0.25) is 4.79 Å². The summed E-state index contributed by atoms with van der Waals surface area (Å²) in [5.74, 6) is -2.62. The third-order valence-electron chi connectivity index (χ3n) is 2.23. The summed E-state index contributed by atoms with van der Waals surface area (Å²) in [5.41, 5.74) is 0. The van der Waals surface area contributed by atoms with Crippen LogP contribution < -0.4 is 0 Å². The Labute approximate surface area is 99.8 Å². The number of hydrogen-bond acceptors (Lipinski definition) is 2. The van der Waals surface area contributed by atoms with E-state index >= 15 is 0 Å². The average molecular weight is 254 g/mol. The highest BCUT2D eigenvalue weighted by atomic mass is 32.2. The summed E-state index contributed by atoms with van der Waals surface area (Å²) < 4.78 is 24.9. The molecular formula is C11H20F2O2S. The summed E-state index contributed by atoms with van der Waals surface area (Å²) in [7, 11) is 0. The standard InChI is InChI=1S/C11H20F2O2S/c1-3-9(10(14)15)16-8-6-4-5-7-11(2,12)13/h9H,3-8H2,1-2H3,(H,14,15). The smallest absolute Gasteiger partial charge is 0.316 e. The maximum atomic E-state index is 12.4. The van der Waals surface area contributed by atoms with Gasteiger partial charge in [-0.25, -0.2) is 8.78 Å². The molecule has 0 spiro atoms. The van der Waals surface area contributed by atoms with Gasteiger partial charge in [-0.1, -0.05) is 13.3 Å². The molecular weight excluding hydrogens is 234 g/mol. The van der Waals surface area contributed by atoms with Crippen molar-refractivity contribution in [1.82, 2.24) is 0 Å². The summed E-state index contributed by atoms with van der Waals surface area (Å²) >= 11 is 1.40. The molecule has 0 aromatic heterocycles. The van der Waals surface area contributed by atoms with Gasteiger partial charge in [0.05, 0.1) is 0 Å². The van der Waals surface area contributed by atoms with Crippen LogP contribution in [-0.2, 0) is 4.79 Å². The second kappa shape index (κ2) is 7.87. The highest BCUT2D eigenvalue weighted by Crippen LogP contribution is 2.22. The number of thioether (sulfide) groups is 1. The van der Waals surface area contributed by atoms with Gasteiger partial charge in [-0.05, 0) is 31.9 Å². The lowest BCUT2D eigenvalue weighted by Gasteiger charge is -2.10. The lowest BCUT2D eigenvalue weighted by Crippen LogP contribution is -2.15. The first-order chi connectivity index (χ1) is 7.37. The molecule has 0 saturated carbocycles. The van der Waals surface area contributed by atoms with Crippen LogP contribution in [0, 0.1) is 0 Å². The highest BCUT2D eigenvalue weighted by molar-refractivity contribution is 8.00. The molecule has 0 aliphatic heterocycles. The van der Waals surface area contributed by atoms with Crippen molar-refractivity contribution in [2.24, 2.45) is 0 Å². The van der Waals surface area contributed by atoms with Gasteiger partial charge in [0.1, 0.15) is 5.25 Å². The summed E-state index contributed by atoms with van der Waals surface area (Å²) in [6, 6.07) is 0. The normalized spacial score (nSPS) is 13.8. The minimum Gasteiger partial charge on any atom is -0.480 e. The largest absolute Gasteiger partial charge is 0.480 e. The van der Waals surface area contributed by atoms with Gasteiger partial charge >= 0.3 is 5.97 Å². The van der Waals surface area contributed by atoms with Crippen molar-refractivity contribution in [2.75, 3.05) is 5.75 Å². The van der Waals surface area contributed by atoms with Crippen molar-refractivity contribution in [3.63, 3.8) is 0 Å². The highest BCUT2D eigenvalue weighted by Gasteiger charge is 2.19. The Kier molecular flexibility index (Phi) is 7.72. The van der Waals surface area contributed by atoms with Gasteiger partial charge in [0.15, 0.2) is 0 Å².